The van der Waals surface area contributed by atoms with Crippen LogP contribution in [0.3, 0.4) is 0 Å². The summed E-state index contributed by atoms with van der Waals surface area (Å²) in [7, 11) is 0. The van der Waals surface area contributed by atoms with Crippen LogP contribution in [0.4, 0.5) is 10.6 Å². The first-order chi connectivity index (χ1) is 10.7. The molecule has 0 bridgehead atoms. The minimum Gasteiger partial charge on any atom is -0.448 e. The maximum absolute atomic E-state index is 11.7. The SMILES string of the molecule is Cc1nnc(N2CCC(N3CCOC3=O)C2)c2ccccc12. The Bertz CT molecular complexity index is 733. The fraction of sp³-hybridized carbons (Fsp3) is 0.438. The summed E-state index contributed by atoms with van der Waals surface area (Å²) in [6, 6.07) is 8.42. The highest BCUT2D eigenvalue weighted by molar-refractivity contribution is 5.93. The van der Waals surface area contributed by atoms with Crippen LogP contribution in [0.1, 0.15) is 12.1 Å². The molecule has 1 atom stereocenters. The Morgan fingerprint density at radius 3 is 2.77 bits per heavy atom. The molecule has 3 heterocycles. The molecule has 0 aliphatic carbocycles. The molecule has 6 heteroatoms. The number of amides is 1. The van der Waals surface area contributed by atoms with Crippen LogP contribution in [-0.4, -0.2) is 53.5 Å². The van der Waals surface area contributed by atoms with Crippen LogP contribution in [0, 0.1) is 6.92 Å². The van der Waals surface area contributed by atoms with Crippen LogP contribution >= 0.6 is 0 Å². The first-order valence-corrected chi connectivity index (χ1v) is 7.64. The summed E-state index contributed by atoms with van der Waals surface area (Å²) in [5.74, 6) is 0.913. The smallest absolute Gasteiger partial charge is 0.410 e. The molecule has 1 amide bonds. The summed E-state index contributed by atoms with van der Waals surface area (Å²) < 4.78 is 5.05. The molecule has 2 saturated heterocycles. The topological polar surface area (TPSA) is 58.6 Å². The van der Waals surface area contributed by atoms with Crippen molar-refractivity contribution in [3.05, 3.63) is 30.0 Å². The number of aromatic nitrogens is 2. The Kier molecular flexibility index (Phi) is 3.10. The van der Waals surface area contributed by atoms with Gasteiger partial charge >= 0.3 is 6.09 Å². The van der Waals surface area contributed by atoms with Crippen molar-refractivity contribution >= 4 is 22.7 Å². The van der Waals surface area contributed by atoms with E-state index in [0.29, 0.717) is 13.2 Å². The highest BCUT2D eigenvalue weighted by atomic mass is 16.6. The van der Waals surface area contributed by atoms with Gasteiger partial charge in [0.05, 0.1) is 18.3 Å². The molecule has 1 unspecified atom stereocenters. The number of aryl methyl sites for hydroxylation is 1. The number of cyclic esters (lactones) is 1. The first-order valence-electron chi connectivity index (χ1n) is 7.64. The van der Waals surface area contributed by atoms with Gasteiger partial charge in [0.2, 0.25) is 0 Å². The van der Waals surface area contributed by atoms with Crippen molar-refractivity contribution in [2.45, 2.75) is 19.4 Å². The van der Waals surface area contributed by atoms with Crippen molar-refractivity contribution in [2.24, 2.45) is 0 Å². The van der Waals surface area contributed by atoms with E-state index < -0.39 is 0 Å². The summed E-state index contributed by atoms with van der Waals surface area (Å²) in [5, 5.41) is 11.0. The molecule has 2 aliphatic heterocycles. The van der Waals surface area contributed by atoms with Crippen LogP contribution < -0.4 is 4.90 Å². The number of anilines is 1. The van der Waals surface area contributed by atoms with E-state index in [0.717, 1.165) is 41.8 Å². The molecule has 114 valence electrons. The molecule has 0 saturated carbocycles. The fourth-order valence-corrected chi connectivity index (χ4v) is 3.38. The van der Waals surface area contributed by atoms with E-state index in [1.54, 1.807) is 0 Å². The summed E-state index contributed by atoms with van der Waals surface area (Å²) in [6.45, 7) is 4.85. The van der Waals surface area contributed by atoms with Crippen molar-refractivity contribution in [3.63, 3.8) is 0 Å². The normalized spacial score (nSPS) is 21.7. The van der Waals surface area contributed by atoms with Gasteiger partial charge < -0.3 is 9.64 Å². The summed E-state index contributed by atoms with van der Waals surface area (Å²) >= 11 is 0. The molecule has 1 aromatic carbocycles. The van der Waals surface area contributed by atoms with Crippen molar-refractivity contribution in [3.8, 4) is 0 Å². The number of benzene rings is 1. The fourth-order valence-electron chi connectivity index (χ4n) is 3.38. The lowest BCUT2D eigenvalue weighted by molar-refractivity contribution is 0.150. The van der Waals surface area contributed by atoms with Gasteiger partial charge in [0, 0.05) is 23.9 Å². The number of rotatable bonds is 2. The largest absolute Gasteiger partial charge is 0.448 e. The average Bonchev–Trinajstić information content (AvgIpc) is 3.17. The second-order valence-electron chi connectivity index (χ2n) is 5.85. The van der Waals surface area contributed by atoms with Gasteiger partial charge in [-0.15, -0.1) is 5.10 Å². The monoisotopic (exact) mass is 298 g/mol. The Morgan fingerprint density at radius 1 is 1.18 bits per heavy atom. The zero-order chi connectivity index (χ0) is 15.1. The molecule has 2 aromatic rings. The molecular weight excluding hydrogens is 280 g/mol. The standard InChI is InChI=1S/C16H18N4O2/c1-11-13-4-2-3-5-14(13)15(18-17-11)19-7-6-12(10-19)20-8-9-22-16(20)21/h2-5,12H,6-10H2,1H3. The third-order valence-corrected chi connectivity index (χ3v) is 4.55. The van der Waals surface area contributed by atoms with Gasteiger partial charge in [-0.2, -0.15) is 5.10 Å². The molecule has 22 heavy (non-hydrogen) atoms. The lowest BCUT2D eigenvalue weighted by Crippen LogP contribution is -2.38. The molecule has 0 spiro atoms. The number of carbonyl (C=O) groups excluding carboxylic acids is 1. The number of nitrogens with zero attached hydrogens (tertiary/aromatic N) is 4. The van der Waals surface area contributed by atoms with Gasteiger partial charge in [-0.1, -0.05) is 24.3 Å². The van der Waals surface area contributed by atoms with Gasteiger partial charge in [-0.05, 0) is 13.3 Å². The van der Waals surface area contributed by atoms with E-state index in [-0.39, 0.29) is 12.1 Å². The molecular formula is C16H18N4O2. The third kappa shape index (κ3) is 2.06. The van der Waals surface area contributed by atoms with Crippen LogP contribution in [0.15, 0.2) is 24.3 Å². The highest BCUT2D eigenvalue weighted by Gasteiger charge is 2.35. The van der Waals surface area contributed by atoms with Crippen molar-refractivity contribution in [2.75, 3.05) is 31.1 Å². The molecule has 6 nitrogen and oxygen atoms in total. The first kappa shape index (κ1) is 13.3. The van der Waals surface area contributed by atoms with E-state index >= 15 is 0 Å². The number of fused-ring (bicyclic) bond motifs is 1. The van der Waals surface area contributed by atoms with Gasteiger partial charge in [-0.3, -0.25) is 4.90 Å². The number of hydrogen-bond acceptors (Lipinski definition) is 5. The lowest BCUT2D eigenvalue weighted by Gasteiger charge is -2.23. The predicted molar refractivity (Wildman–Crippen MR) is 82.9 cm³/mol. The number of ether oxygens (including phenoxy) is 1. The van der Waals surface area contributed by atoms with E-state index in [9.17, 15) is 4.79 Å². The molecule has 1 aromatic heterocycles. The third-order valence-electron chi connectivity index (χ3n) is 4.55. The zero-order valence-corrected chi connectivity index (χ0v) is 12.5. The van der Waals surface area contributed by atoms with E-state index in [1.165, 1.54) is 0 Å². The van der Waals surface area contributed by atoms with Gasteiger partial charge in [-0.25, -0.2) is 4.79 Å². The summed E-state index contributed by atoms with van der Waals surface area (Å²) in [6.07, 6.45) is 0.755. The van der Waals surface area contributed by atoms with E-state index in [1.807, 2.05) is 24.0 Å². The Labute approximate surface area is 128 Å². The van der Waals surface area contributed by atoms with E-state index in [4.69, 9.17) is 4.74 Å². The highest BCUT2D eigenvalue weighted by Crippen LogP contribution is 2.29. The van der Waals surface area contributed by atoms with Crippen LogP contribution in [-0.2, 0) is 4.74 Å². The number of hydrogen-bond donors (Lipinski definition) is 0. The maximum atomic E-state index is 11.7. The summed E-state index contributed by atoms with van der Waals surface area (Å²) in [5.41, 5.74) is 0.943. The Morgan fingerprint density at radius 2 is 2.00 bits per heavy atom. The number of carbonyl (C=O) groups is 1. The van der Waals surface area contributed by atoms with Crippen molar-refractivity contribution in [1.29, 1.82) is 0 Å². The van der Waals surface area contributed by atoms with Crippen molar-refractivity contribution in [1.82, 2.24) is 15.1 Å². The quantitative estimate of drug-likeness (QED) is 0.848. The minimum atomic E-state index is -0.188. The summed E-state index contributed by atoms with van der Waals surface area (Å²) in [4.78, 5) is 15.8. The van der Waals surface area contributed by atoms with Crippen LogP contribution in [0.5, 0.6) is 0 Å². The van der Waals surface area contributed by atoms with Gasteiger partial charge in [0.25, 0.3) is 0 Å². The van der Waals surface area contributed by atoms with Crippen LogP contribution in [0.25, 0.3) is 10.8 Å². The van der Waals surface area contributed by atoms with Gasteiger partial charge in [0.15, 0.2) is 5.82 Å². The lowest BCUT2D eigenvalue weighted by atomic mass is 10.1. The maximum Gasteiger partial charge on any atom is 0.410 e. The molecule has 2 fully saturated rings. The Hall–Kier alpha value is -2.37. The molecule has 2 aliphatic rings. The molecule has 0 N–H and O–H groups in total. The predicted octanol–water partition coefficient (Wildman–Crippen LogP) is 1.97. The average molecular weight is 298 g/mol. The minimum absolute atomic E-state index is 0.188. The zero-order valence-electron chi connectivity index (χ0n) is 12.5. The van der Waals surface area contributed by atoms with E-state index in [2.05, 4.69) is 27.2 Å². The van der Waals surface area contributed by atoms with Crippen molar-refractivity contribution < 1.29 is 9.53 Å². The molecule has 0 radical (unpaired) electrons. The second-order valence-corrected chi connectivity index (χ2v) is 5.85. The second kappa shape index (κ2) is 5.12. The Balaban J connectivity index is 1.64. The van der Waals surface area contributed by atoms with Crippen LogP contribution in [0.2, 0.25) is 0 Å². The molecule has 4 rings (SSSR count). The van der Waals surface area contributed by atoms with Gasteiger partial charge in [0.1, 0.15) is 6.61 Å².